The van der Waals surface area contributed by atoms with Gasteiger partial charge in [-0.15, -0.1) is 0 Å². The van der Waals surface area contributed by atoms with E-state index >= 15 is 0 Å². The summed E-state index contributed by atoms with van der Waals surface area (Å²) in [6.45, 7) is 0. The molecular formula is C31H20N2O. The lowest BCUT2D eigenvalue weighted by molar-refractivity contribution is 0.112. The van der Waals surface area contributed by atoms with Crippen LogP contribution in [0.25, 0.3) is 55.0 Å². The molecule has 0 bridgehead atoms. The number of benzene rings is 5. The molecule has 3 heteroatoms. The monoisotopic (exact) mass is 436 g/mol. The minimum Gasteiger partial charge on any atom is -0.309 e. The van der Waals surface area contributed by atoms with E-state index in [4.69, 9.17) is 0 Å². The molecule has 0 N–H and O–H groups in total. The average molecular weight is 437 g/mol. The number of carbonyl (C=O) groups excluding carboxylic acids is 1. The van der Waals surface area contributed by atoms with Crippen molar-refractivity contribution < 1.29 is 4.79 Å². The third kappa shape index (κ3) is 2.55. The molecule has 0 radical (unpaired) electrons. The molecule has 0 saturated heterocycles. The minimum atomic E-state index is 0.673. The molecule has 7 aromatic rings. The van der Waals surface area contributed by atoms with Crippen molar-refractivity contribution in [3.8, 4) is 11.4 Å². The second kappa shape index (κ2) is 7.19. The van der Waals surface area contributed by atoms with Crippen LogP contribution in [0.5, 0.6) is 0 Å². The second-order valence-electron chi connectivity index (χ2n) is 8.61. The summed E-state index contributed by atoms with van der Waals surface area (Å²) in [7, 11) is 0. The van der Waals surface area contributed by atoms with Gasteiger partial charge in [0.2, 0.25) is 0 Å². The van der Waals surface area contributed by atoms with Gasteiger partial charge in [-0.25, -0.2) is 0 Å². The Morgan fingerprint density at radius 1 is 0.500 bits per heavy atom. The Hall–Kier alpha value is -4.63. The minimum absolute atomic E-state index is 0.673. The van der Waals surface area contributed by atoms with Crippen LogP contribution in [0, 0.1) is 0 Å². The van der Waals surface area contributed by atoms with E-state index in [9.17, 15) is 4.79 Å². The lowest BCUT2D eigenvalue weighted by Crippen LogP contribution is -1.95. The maximum Gasteiger partial charge on any atom is 0.150 e. The van der Waals surface area contributed by atoms with Crippen LogP contribution in [-0.4, -0.2) is 15.4 Å². The zero-order chi connectivity index (χ0) is 22.6. The van der Waals surface area contributed by atoms with Crippen molar-refractivity contribution >= 4 is 49.9 Å². The van der Waals surface area contributed by atoms with E-state index in [1.807, 2.05) is 18.2 Å². The van der Waals surface area contributed by atoms with Crippen LogP contribution in [0.2, 0.25) is 0 Å². The second-order valence-corrected chi connectivity index (χ2v) is 8.61. The first-order chi connectivity index (χ1) is 16.8. The van der Waals surface area contributed by atoms with E-state index in [0.29, 0.717) is 5.56 Å². The van der Waals surface area contributed by atoms with Gasteiger partial charge in [0.25, 0.3) is 0 Å². The van der Waals surface area contributed by atoms with Crippen LogP contribution < -0.4 is 0 Å². The summed E-state index contributed by atoms with van der Waals surface area (Å²) < 4.78 is 4.64. The Bertz CT molecular complexity index is 1860. The Balaban J connectivity index is 1.77. The highest BCUT2D eigenvalue weighted by molar-refractivity contribution is 6.26. The van der Waals surface area contributed by atoms with Crippen molar-refractivity contribution in [2.45, 2.75) is 0 Å². The predicted molar refractivity (Wildman–Crippen MR) is 141 cm³/mol. The number of hydrogen-bond acceptors (Lipinski definition) is 1. The van der Waals surface area contributed by atoms with Gasteiger partial charge in [0.15, 0.2) is 0 Å². The fraction of sp³-hybridized carbons (Fsp3) is 0. The quantitative estimate of drug-likeness (QED) is 0.261. The molecule has 0 aliphatic rings. The first-order valence-corrected chi connectivity index (χ1v) is 11.4. The first kappa shape index (κ1) is 18.9. The van der Waals surface area contributed by atoms with Crippen LogP contribution in [-0.2, 0) is 0 Å². The number of rotatable bonds is 3. The number of hydrogen-bond donors (Lipinski definition) is 0. The SMILES string of the molecule is O=Cc1ccc2c3c(ccc4c5ccccc5n(-c5ccccc5)c43)n(-c3ccccc3)c2c1. The Morgan fingerprint density at radius 3 is 1.88 bits per heavy atom. The van der Waals surface area contributed by atoms with Crippen molar-refractivity contribution in [2.75, 3.05) is 0 Å². The van der Waals surface area contributed by atoms with Crippen LogP contribution in [0.4, 0.5) is 0 Å². The molecule has 0 unspecified atom stereocenters. The number of aldehydes is 1. The lowest BCUT2D eigenvalue weighted by Gasteiger charge is -2.10. The molecule has 160 valence electrons. The number of carbonyl (C=O) groups is 1. The fourth-order valence-electron chi connectivity index (χ4n) is 5.35. The van der Waals surface area contributed by atoms with Gasteiger partial charge in [0, 0.05) is 38.5 Å². The van der Waals surface area contributed by atoms with Gasteiger partial charge in [-0.05, 0) is 42.5 Å². The van der Waals surface area contributed by atoms with Crippen LogP contribution in [0.15, 0.2) is 115 Å². The zero-order valence-electron chi connectivity index (χ0n) is 18.3. The van der Waals surface area contributed by atoms with Gasteiger partial charge < -0.3 is 9.13 Å². The summed E-state index contributed by atoms with van der Waals surface area (Å²) in [5.41, 5.74) is 7.40. The molecule has 7 rings (SSSR count). The number of aromatic nitrogens is 2. The molecule has 5 aromatic carbocycles. The molecule has 0 aliphatic heterocycles. The normalized spacial score (nSPS) is 11.6. The van der Waals surface area contributed by atoms with Gasteiger partial charge in [0.05, 0.1) is 22.1 Å². The van der Waals surface area contributed by atoms with E-state index in [0.717, 1.165) is 34.1 Å². The van der Waals surface area contributed by atoms with Gasteiger partial charge >= 0.3 is 0 Å². The molecular weight excluding hydrogens is 416 g/mol. The number of fused-ring (bicyclic) bond motifs is 7. The van der Waals surface area contributed by atoms with Crippen LogP contribution in [0.3, 0.4) is 0 Å². The molecule has 2 aromatic heterocycles. The molecule has 2 heterocycles. The molecule has 0 aliphatic carbocycles. The topological polar surface area (TPSA) is 26.9 Å². The highest BCUT2D eigenvalue weighted by atomic mass is 16.1. The highest BCUT2D eigenvalue weighted by Gasteiger charge is 2.20. The lowest BCUT2D eigenvalue weighted by atomic mass is 10.1. The predicted octanol–water partition coefficient (Wildman–Crippen LogP) is 7.69. The molecule has 0 amide bonds. The smallest absolute Gasteiger partial charge is 0.150 e. The fourth-order valence-corrected chi connectivity index (χ4v) is 5.35. The van der Waals surface area contributed by atoms with Gasteiger partial charge in [-0.1, -0.05) is 72.8 Å². The molecule has 0 fully saturated rings. The number of para-hydroxylation sites is 3. The summed E-state index contributed by atoms with van der Waals surface area (Å²) in [4.78, 5) is 11.7. The molecule has 0 atom stereocenters. The van der Waals surface area contributed by atoms with Crippen molar-refractivity contribution in [3.05, 3.63) is 121 Å². The van der Waals surface area contributed by atoms with Gasteiger partial charge in [0.1, 0.15) is 6.29 Å². The molecule has 3 nitrogen and oxygen atoms in total. The summed E-state index contributed by atoms with van der Waals surface area (Å²) >= 11 is 0. The van der Waals surface area contributed by atoms with E-state index in [1.54, 1.807) is 0 Å². The van der Waals surface area contributed by atoms with Gasteiger partial charge in [-0.3, -0.25) is 4.79 Å². The summed E-state index contributed by atoms with van der Waals surface area (Å²) in [5.74, 6) is 0. The average Bonchev–Trinajstić information content (AvgIpc) is 3.42. The van der Waals surface area contributed by atoms with Crippen molar-refractivity contribution in [2.24, 2.45) is 0 Å². The first-order valence-electron chi connectivity index (χ1n) is 11.4. The highest BCUT2D eigenvalue weighted by Crippen LogP contribution is 2.41. The Labute approximate surface area is 196 Å². The third-order valence-electron chi connectivity index (χ3n) is 6.75. The Kier molecular flexibility index (Phi) is 4.00. The summed E-state index contributed by atoms with van der Waals surface area (Å²) in [5, 5.41) is 4.77. The van der Waals surface area contributed by atoms with Crippen molar-refractivity contribution in [3.63, 3.8) is 0 Å². The number of nitrogens with zero attached hydrogens (tertiary/aromatic N) is 2. The molecule has 0 spiro atoms. The van der Waals surface area contributed by atoms with E-state index in [-0.39, 0.29) is 0 Å². The van der Waals surface area contributed by atoms with E-state index in [1.165, 1.54) is 27.2 Å². The molecule has 0 saturated carbocycles. The van der Waals surface area contributed by atoms with Gasteiger partial charge in [-0.2, -0.15) is 0 Å². The maximum absolute atomic E-state index is 11.7. The van der Waals surface area contributed by atoms with Crippen LogP contribution >= 0.6 is 0 Å². The van der Waals surface area contributed by atoms with E-state index in [2.05, 4.69) is 106 Å². The van der Waals surface area contributed by atoms with Crippen LogP contribution in [0.1, 0.15) is 10.4 Å². The van der Waals surface area contributed by atoms with Crippen molar-refractivity contribution in [1.29, 1.82) is 0 Å². The van der Waals surface area contributed by atoms with Crippen molar-refractivity contribution in [1.82, 2.24) is 9.13 Å². The maximum atomic E-state index is 11.7. The Morgan fingerprint density at radius 2 is 1.15 bits per heavy atom. The largest absolute Gasteiger partial charge is 0.309 e. The zero-order valence-corrected chi connectivity index (χ0v) is 18.3. The summed E-state index contributed by atoms with van der Waals surface area (Å²) in [6, 6.07) is 39.9. The summed E-state index contributed by atoms with van der Waals surface area (Å²) in [6.07, 6.45) is 0.920. The van der Waals surface area contributed by atoms with E-state index < -0.39 is 0 Å². The standard InChI is InChI=1S/C31H20N2O/c34-20-21-15-16-26-29(19-21)32(22-9-3-1-4-10-22)28-18-17-25-24-13-7-8-14-27(24)33(31(25)30(26)28)23-11-5-2-6-12-23/h1-20H. The molecule has 34 heavy (non-hydrogen) atoms. The third-order valence-corrected chi connectivity index (χ3v) is 6.75.